The summed E-state index contributed by atoms with van der Waals surface area (Å²) in [5.74, 6) is 0.390. The van der Waals surface area contributed by atoms with Crippen LogP contribution in [0.5, 0.6) is 0 Å². The Hall–Kier alpha value is -0.610. The van der Waals surface area contributed by atoms with Crippen molar-refractivity contribution in [3.8, 4) is 0 Å². The highest BCUT2D eigenvalue weighted by atomic mass is 16.2. The normalized spacial score (nSPS) is 20.4. The quantitative estimate of drug-likeness (QED) is 0.742. The molecule has 0 bridgehead atoms. The minimum atomic E-state index is 0.109. The number of carbonyl (C=O) groups is 1. The molecular formula is C16H33N3O. The van der Waals surface area contributed by atoms with Crippen LogP contribution in [0.3, 0.4) is 0 Å². The van der Waals surface area contributed by atoms with Crippen molar-refractivity contribution in [2.24, 2.45) is 11.7 Å². The number of amides is 1. The number of hydrogen-bond donors (Lipinski definition) is 1. The zero-order valence-electron chi connectivity index (χ0n) is 14.0. The van der Waals surface area contributed by atoms with E-state index in [1.54, 1.807) is 0 Å². The van der Waals surface area contributed by atoms with Crippen LogP contribution in [0.1, 0.15) is 52.4 Å². The first-order valence-electron chi connectivity index (χ1n) is 7.96. The molecule has 2 N–H and O–H groups in total. The molecule has 20 heavy (non-hydrogen) atoms. The van der Waals surface area contributed by atoms with Crippen molar-refractivity contribution in [3.63, 3.8) is 0 Å². The van der Waals surface area contributed by atoms with Crippen LogP contribution < -0.4 is 5.73 Å². The summed E-state index contributed by atoms with van der Waals surface area (Å²) in [6.07, 6.45) is 6.68. The van der Waals surface area contributed by atoms with Crippen LogP contribution in [-0.4, -0.2) is 55.0 Å². The molecule has 0 saturated heterocycles. The average molecular weight is 283 g/mol. The molecule has 1 rings (SSSR count). The van der Waals surface area contributed by atoms with Gasteiger partial charge in [-0.05, 0) is 53.1 Å². The second-order valence-corrected chi connectivity index (χ2v) is 6.98. The third-order valence-electron chi connectivity index (χ3n) is 4.86. The lowest BCUT2D eigenvalue weighted by atomic mass is 9.75. The van der Waals surface area contributed by atoms with Crippen molar-refractivity contribution >= 4 is 5.91 Å². The largest absolute Gasteiger partial charge is 0.344 e. The zero-order chi connectivity index (χ0) is 15.3. The zero-order valence-corrected chi connectivity index (χ0v) is 14.0. The molecule has 4 nitrogen and oxygen atoms in total. The van der Waals surface area contributed by atoms with Crippen molar-refractivity contribution in [2.45, 2.75) is 64.0 Å². The molecule has 1 aliphatic rings. The molecule has 4 heteroatoms. The molecule has 0 radical (unpaired) electrons. The maximum Gasteiger partial charge on any atom is 0.225 e. The number of hydrogen-bond acceptors (Lipinski definition) is 3. The van der Waals surface area contributed by atoms with Gasteiger partial charge in [-0.2, -0.15) is 0 Å². The van der Waals surface area contributed by atoms with Gasteiger partial charge in [0.1, 0.15) is 0 Å². The van der Waals surface area contributed by atoms with E-state index >= 15 is 0 Å². The highest BCUT2D eigenvalue weighted by molar-refractivity contribution is 5.78. The molecule has 1 saturated carbocycles. The third-order valence-corrected chi connectivity index (χ3v) is 4.86. The monoisotopic (exact) mass is 283 g/mol. The van der Waals surface area contributed by atoms with Crippen LogP contribution in [0.2, 0.25) is 0 Å². The van der Waals surface area contributed by atoms with Gasteiger partial charge in [-0.15, -0.1) is 0 Å². The second kappa shape index (κ2) is 7.41. The molecule has 0 aliphatic heterocycles. The van der Waals surface area contributed by atoms with Crippen molar-refractivity contribution < 1.29 is 4.79 Å². The molecular weight excluding hydrogens is 250 g/mol. The van der Waals surface area contributed by atoms with E-state index in [9.17, 15) is 4.79 Å². The fraction of sp³-hybridized carbons (Fsp3) is 0.938. The van der Waals surface area contributed by atoms with Crippen molar-refractivity contribution in [1.29, 1.82) is 0 Å². The fourth-order valence-corrected chi connectivity index (χ4v) is 3.10. The predicted octanol–water partition coefficient (Wildman–Crippen LogP) is 2.08. The van der Waals surface area contributed by atoms with E-state index in [-0.39, 0.29) is 23.4 Å². The molecule has 0 spiro atoms. The summed E-state index contributed by atoms with van der Waals surface area (Å²) in [7, 11) is 6.21. The Bertz CT molecular complexity index is 311. The summed E-state index contributed by atoms with van der Waals surface area (Å²) in [4.78, 5) is 16.7. The van der Waals surface area contributed by atoms with Crippen LogP contribution in [0.25, 0.3) is 0 Å². The maximum absolute atomic E-state index is 12.4. The maximum atomic E-state index is 12.4. The summed E-state index contributed by atoms with van der Waals surface area (Å²) >= 11 is 0. The van der Waals surface area contributed by atoms with Crippen LogP contribution >= 0.6 is 0 Å². The molecule has 1 amide bonds. The lowest BCUT2D eigenvalue weighted by Crippen LogP contribution is -2.57. The highest BCUT2D eigenvalue weighted by Gasteiger charge is 2.40. The smallest absolute Gasteiger partial charge is 0.225 e. The average Bonchev–Trinajstić information content (AvgIpc) is 2.31. The summed E-state index contributed by atoms with van der Waals surface area (Å²) in [5.41, 5.74) is 5.97. The summed E-state index contributed by atoms with van der Waals surface area (Å²) in [6.45, 7) is 4.93. The molecule has 2 unspecified atom stereocenters. The van der Waals surface area contributed by atoms with Gasteiger partial charge in [-0.1, -0.05) is 13.3 Å². The van der Waals surface area contributed by atoms with Crippen molar-refractivity contribution in [2.75, 3.05) is 27.7 Å². The molecule has 1 aliphatic carbocycles. The summed E-state index contributed by atoms with van der Waals surface area (Å²) < 4.78 is 0. The van der Waals surface area contributed by atoms with Gasteiger partial charge in [0.05, 0.1) is 0 Å². The third kappa shape index (κ3) is 4.45. The minimum absolute atomic E-state index is 0.109. The summed E-state index contributed by atoms with van der Waals surface area (Å²) in [5, 5.41) is 0. The van der Waals surface area contributed by atoms with E-state index in [4.69, 9.17) is 5.73 Å². The molecule has 118 valence electrons. The van der Waals surface area contributed by atoms with Gasteiger partial charge in [0.2, 0.25) is 5.91 Å². The Labute approximate surface area is 124 Å². The number of nitrogens with zero attached hydrogens (tertiary/aromatic N) is 2. The van der Waals surface area contributed by atoms with Crippen LogP contribution in [0.15, 0.2) is 0 Å². The number of nitrogens with two attached hydrogens (primary N) is 1. The van der Waals surface area contributed by atoms with Gasteiger partial charge >= 0.3 is 0 Å². The Kier molecular flexibility index (Phi) is 6.46. The Morgan fingerprint density at radius 2 is 1.80 bits per heavy atom. The first-order chi connectivity index (χ1) is 9.28. The van der Waals surface area contributed by atoms with E-state index in [0.29, 0.717) is 0 Å². The lowest BCUT2D eigenvalue weighted by Gasteiger charge is -2.49. The van der Waals surface area contributed by atoms with Gasteiger partial charge in [0.15, 0.2) is 0 Å². The SMILES string of the molecule is CC(N)CCCC(C)C(=O)N(C)CC1(N(C)C)CCC1. The van der Waals surface area contributed by atoms with E-state index in [1.807, 2.05) is 25.8 Å². The number of carbonyl (C=O) groups excluding carboxylic acids is 1. The second-order valence-electron chi connectivity index (χ2n) is 6.98. The van der Waals surface area contributed by atoms with E-state index < -0.39 is 0 Å². The fourth-order valence-electron chi connectivity index (χ4n) is 3.10. The van der Waals surface area contributed by atoms with Gasteiger partial charge in [-0.3, -0.25) is 4.79 Å². The minimum Gasteiger partial charge on any atom is -0.344 e. The molecule has 0 aromatic rings. The molecule has 0 aromatic carbocycles. The number of likely N-dealkylation sites (N-methyl/N-ethyl adjacent to an activating group) is 2. The Morgan fingerprint density at radius 3 is 2.20 bits per heavy atom. The first kappa shape index (κ1) is 17.4. The van der Waals surface area contributed by atoms with Crippen molar-refractivity contribution in [1.82, 2.24) is 9.80 Å². The van der Waals surface area contributed by atoms with Gasteiger partial charge in [0, 0.05) is 31.1 Å². The van der Waals surface area contributed by atoms with Crippen LogP contribution in [-0.2, 0) is 4.79 Å². The molecule has 1 fully saturated rings. The molecule has 0 aromatic heterocycles. The summed E-state index contributed by atoms with van der Waals surface area (Å²) in [6, 6.07) is 0.238. The Morgan fingerprint density at radius 1 is 1.20 bits per heavy atom. The standard InChI is InChI=1S/C16H33N3O/c1-13(8-6-9-14(2)17)15(20)19(5)12-16(18(3)4)10-7-11-16/h13-14H,6-12,17H2,1-5H3. The van der Waals surface area contributed by atoms with Gasteiger partial charge < -0.3 is 15.5 Å². The van der Waals surface area contributed by atoms with Gasteiger partial charge in [0.25, 0.3) is 0 Å². The van der Waals surface area contributed by atoms with Crippen molar-refractivity contribution in [3.05, 3.63) is 0 Å². The van der Waals surface area contributed by atoms with Gasteiger partial charge in [-0.25, -0.2) is 0 Å². The molecule has 2 atom stereocenters. The first-order valence-corrected chi connectivity index (χ1v) is 7.96. The van der Waals surface area contributed by atoms with Crippen LogP contribution in [0, 0.1) is 5.92 Å². The van der Waals surface area contributed by atoms with E-state index in [2.05, 4.69) is 19.0 Å². The number of rotatable bonds is 8. The lowest BCUT2D eigenvalue weighted by molar-refractivity contribution is -0.136. The molecule has 0 heterocycles. The van der Waals surface area contributed by atoms with E-state index in [1.165, 1.54) is 19.3 Å². The topological polar surface area (TPSA) is 49.6 Å². The highest BCUT2D eigenvalue weighted by Crippen LogP contribution is 2.36. The van der Waals surface area contributed by atoms with E-state index in [0.717, 1.165) is 25.8 Å². The Balaban J connectivity index is 2.41. The predicted molar refractivity (Wildman–Crippen MR) is 84.6 cm³/mol. The van der Waals surface area contributed by atoms with Crippen LogP contribution in [0.4, 0.5) is 0 Å².